The van der Waals surface area contributed by atoms with Crippen molar-refractivity contribution in [2.75, 3.05) is 6.61 Å². The van der Waals surface area contributed by atoms with Gasteiger partial charge in [0.25, 0.3) is 0 Å². The summed E-state index contributed by atoms with van der Waals surface area (Å²) in [7, 11) is 0. The summed E-state index contributed by atoms with van der Waals surface area (Å²) in [5, 5.41) is 1.30. The summed E-state index contributed by atoms with van der Waals surface area (Å²) in [6.07, 6.45) is 3.26. The van der Waals surface area contributed by atoms with E-state index in [1.165, 1.54) is 0 Å². The molecule has 4 heteroatoms. The van der Waals surface area contributed by atoms with Gasteiger partial charge in [-0.25, -0.2) is 9.97 Å². The van der Waals surface area contributed by atoms with Crippen LogP contribution < -0.4 is 4.74 Å². The van der Waals surface area contributed by atoms with Gasteiger partial charge in [-0.3, -0.25) is 0 Å². The van der Waals surface area contributed by atoms with Gasteiger partial charge in [0.05, 0.1) is 6.20 Å². The average molecular weight is 233 g/mol. The van der Waals surface area contributed by atoms with Gasteiger partial charge in [0.2, 0.25) is 0 Å². The molecule has 0 bridgehead atoms. The van der Waals surface area contributed by atoms with Crippen molar-refractivity contribution in [2.24, 2.45) is 0 Å². The van der Waals surface area contributed by atoms with Gasteiger partial charge < -0.3 is 4.74 Å². The van der Waals surface area contributed by atoms with Crippen molar-refractivity contribution >= 4 is 22.5 Å². The van der Waals surface area contributed by atoms with Crippen molar-refractivity contribution in [1.82, 2.24) is 9.97 Å². The molecule has 3 nitrogen and oxygen atoms in total. The van der Waals surface area contributed by atoms with Gasteiger partial charge in [-0.05, 0) is 19.1 Å². The molecule has 0 aromatic carbocycles. The van der Waals surface area contributed by atoms with Crippen LogP contribution in [-0.4, -0.2) is 16.6 Å². The second kappa shape index (κ2) is 4.82. The molecule has 80 valence electrons. The van der Waals surface area contributed by atoms with Crippen LogP contribution in [0.25, 0.3) is 10.9 Å². The molecule has 2 aromatic heterocycles. The van der Waals surface area contributed by atoms with Crippen LogP contribution in [0.3, 0.4) is 0 Å². The van der Waals surface area contributed by atoms with Crippen LogP contribution in [0.4, 0.5) is 0 Å². The zero-order valence-corrected chi connectivity index (χ0v) is 9.45. The molecule has 0 unspecified atom stereocenters. The number of halogens is 1. The second-order valence-electron chi connectivity index (χ2n) is 3.06. The van der Waals surface area contributed by atoms with E-state index in [-0.39, 0.29) is 0 Å². The van der Waals surface area contributed by atoms with Crippen molar-refractivity contribution in [2.45, 2.75) is 6.92 Å². The first kappa shape index (κ1) is 10.7. The molecule has 2 aromatic rings. The van der Waals surface area contributed by atoms with Gasteiger partial charge in [-0.15, -0.1) is 5.92 Å². The topological polar surface area (TPSA) is 35.0 Å². The summed E-state index contributed by atoms with van der Waals surface area (Å²) in [6, 6.07) is 3.71. The fourth-order valence-electron chi connectivity index (χ4n) is 1.28. The SMILES string of the molecule is CC#CCOc1cnc2c(Cl)nccc2c1. The number of ether oxygens (including phenoxy) is 1. The summed E-state index contributed by atoms with van der Waals surface area (Å²) in [5.74, 6) is 6.25. The fraction of sp³-hybridized carbons (Fsp3) is 0.167. The number of hydrogen-bond donors (Lipinski definition) is 0. The lowest BCUT2D eigenvalue weighted by Crippen LogP contribution is -1.94. The molecule has 2 rings (SSSR count). The molecule has 0 aliphatic carbocycles. The Labute approximate surface area is 98.4 Å². The Morgan fingerprint density at radius 1 is 1.44 bits per heavy atom. The number of aromatic nitrogens is 2. The average Bonchev–Trinajstić information content (AvgIpc) is 2.30. The van der Waals surface area contributed by atoms with Crippen molar-refractivity contribution in [3.05, 3.63) is 29.7 Å². The molecule has 0 saturated heterocycles. The lowest BCUT2D eigenvalue weighted by molar-refractivity contribution is 0.369. The molecule has 0 N–H and O–H groups in total. The van der Waals surface area contributed by atoms with Crippen molar-refractivity contribution in [3.8, 4) is 17.6 Å². The maximum atomic E-state index is 5.90. The Balaban J connectivity index is 2.32. The first-order valence-electron chi connectivity index (χ1n) is 4.74. The van der Waals surface area contributed by atoms with E-state index in [9.17, 15) is 0 Å². The molecule has 0 aliphatic rings. The summed E-state index contributed by atoms with van der Waals surface area (Å²) >= 11 is 5.90. The second-order valence-corrected chi connectivity index (χ2v) is 3.42. The highest BCUT2D eigenvalue weighted by molar-refractivity contribution is 6.33. The summed E-state index contributed by atoms with van der Waals surface area (Å²) in [5.41, 5.74) is 0.679. The zero-order valence-electron chi connectivity index (χ0n) is 8.70. The summed E-state index contributed by atoms with van der Waals surface area (Å²) < 4.78 is 5.39. The molecule has 0 saturated carbocycles. The van der Waals surface area contributed by atoms with E-state index in [0.717, 1.165) is 5.39 Å². The minimum atomic E-state index is 0.364. The van der Waals surface area contributed by atoms with Crippen LogP contribution >= 0.6 is 11.6 Å². The van der Waals surface area contributed by atoms with Crippen LogP contribution in [0.15, 0.2) is 24.5 Å². The first-order chi connectivity index (χ1) is 7.81. The highest BCUT2D eigenvalue weighted by Gasteiger charge is 2.02. The number of rotatable bonds is 2. The smallest absolute Gasteiger partial charge is 0.155 e. The number of hydrogen-bond acceptors (Lipinski definition) is 3. The van der Waals surface area contributed by atoms with Gasteiger partial charge >= 0.3 is 0 Å². The van der Waals surface area contributed by atoms with Crippen LogP contribution in [0.2, 0.25) is 5.15 Å². The van der Waals surface area contributed by atoms with Gasteiger partial charge in [0.1, 0.15) is 17.9 Å². The molecule has 0 aliphatic heterocycles. The maximum absolute atomic E-state index is 5.90. The highest BCUT2D eigenvalue weighted by Crippen LogP contribution is 2.22. The first-order valence-corrected chi connectivity index (χ1v) is 5.11. The van der Waals surface area contributed by atoms with Gasteiger partial charge in [-0.1, -0.05) is 17.5 Å². The molecule has 16 heavy (non-hydrogen) atoms. The minimum absolute atomic E-state index is 0.364. The number of pyridine rings is 2. The van der Waals surface area contributed by atoms with Gasteiger partial charge in [-0.2, -0.15) is 0 Å². The van der Waals surface area contributed by atoms with Crippen molar-refractivity contribution in [3.63, 3.8) is 0 Å². The quantitative estimate of drug-likeness (QED) is 0.590. The number of nitrogens with zero attached hydrogens (tertiary/aromatic N) is 2. The molecule has 0 atom stereocenters. The largest absolute Gasteiger partial charge is 0.479 e. The predicted molar refractivity (Wildman–Crippen MR) is 63.5 cm³/mol. The third-order valence-corrected chi connectivity index (χ3v) is 2.29. The van der Waals surface area contributed by atoms with Gasteiger partial charge in [0.15, 0.2) is 5.15 Å². The van der Waals surface area contributed by atoms with E-state index in [4.69, 9.17) is 16.3 Å². The Morgan fingerprint density at radius 3 is 3.12 bits per heavy atom. The third kappa shape index (κ3) is 2.23. The Morgan fingerprint density at radius 2 is 2.31 bits per heavy atom. The molecule has 0 radical (unpaired) electrons. The monoisotopic (exact) mass is 232 g/mol. The minimum Gasteiger partial charge on any atom is -0.479 e. The molecule has 2 heterocycles. The molecular formula is C12H9ClN2O. The Kier molecular flexibility index (Phi) is 3.23. The van der Waals surface area contributed by atoms with E-state index in [0.29, 0.717) is 23.0 Å². The molecule has 0 amide bonds. The van der Waals surface area contributed by atoms with Crippen LogP contribution in [0.1, 0.15) is 6.92 Å². The molecular weight excluding hydrogens is 224 g/mol. The predicted octanol–water partition coefficient (Wildman–Crippen LogP) is 2.69. The van der Waals surface area contributed by atoms with Gasteiger partial charge in [0, 0.05) is 11.6 Å². The maximum Gasteiger partial charge on any atom is 0.155 e. The summed E-state index contributed by atoms with van der Waals surface area (Å²) in [4.78, 5) is 8.14. The van der Waals surface area contributed by atoms with Crippen molar-refractivity contribution < 1.29 is 4.74 Å². The van der Waals surface area contributed by atoms with E-state index >= 15 is 0 Å². The van der Waals surface area contributed by atoms with Crippen LogP contribution in [-0.2, 0) is 0 Å². The number of fused-ring (bicyclic) bond motifs is 1. The zero-order chi connectivity index (χ0) is 11.4. The lowest BCUT2D eigenvalue weighted by Gasteiger charge is -2.03. The van der Waals surface area contributed by atoms with Crippen LogP contribution in [0, 0.1) is 11.8 Å². The summed E-state index contributed by atoms with van der Waals surface area (Å²) in [6.45, 7) is 2.13. The van der Waals surface area contributed by atoms with E-state index in [1.807, 2.05) is 12.1 Å². The van der Waals surface area contributed by atoms with E-state index in [2.05, 4.69) is 21.8 Å². The third-order valence-electron chi connectivity index (χ3n) is 2.02. The Hall–Kier alpha value is -1.79. The van der Waals surface area contributed by atoms with E-state index in [1.54, 1.807) is 19.3 Å². The fourth-order valence-corrected chi connectivity index (χ4v) is 1.49. The lowest BCUT2D eigenvalue weighted by atomic mass is 10.2. The molecule has 0 spiro atoms. The highest BCUT2D eigenvalue weighted by atomic mass is 35.5. The van der Waals surface area contributed by atoms with Crippen molar-refractivity contribution in [1.29, 1.82) is 0 Å². The molecule has 0 fully saturated rings. The standard InChI is InChI=1S/C12H9ClN2O/c1-2-3-6-16-10-7-9-4-5-14-12(13)11(9)15-8-10/h4-5,7-8H,6H2,1H3. The van der Waals surface area contributed by atoms with E-state index < -0.39 is 0 Å². The normalized spacial score (nSPS) is 9.62. The Bertz CT molecular complexity index is 572. The van der Waals surface area contributed by atoms with Crippen LogP contribution in [0.5, 0.6) is 5.75 Å².